The van der Waals surface area contributed by atoms with Gasteiger partial charge in [0.2, 0.25) is 11.8 Å². The van der Waals surface area contributed by atoms with Crippen molar-refractivity contribution in [1.29, 1.82) is 5.26 Å². The molecule has 6 rings (SSSR count). The molecule has 6 heteroatoms. The molecule has 3 saturated heterocycles. The number of carbonyl (C=O) groups is 2. The summed E-state index contributed by atoms with van der Waals surface area (Å²) in [5, 5.41) is 11.0. The van der Waals surface area contributed by atoms with Crippen molar-refractivity contribution in [3.8, 4) is 11.8 Å². The number of hydrogen-bond acceptors (Lipinski definition) is 5. The second-order valence-electron chi connectivity index (χ2n) is 10.1. The molecule has 2 amide bonds. The molecule has 182 valence electrons. The number of carbonyl (C=O) groups excluding carboxylic acids is 2. The van der Waals surface area contributed by atoms with Crippen LogP contribution in [0.5, 0.6) is 5.75 Å². The van der Waals surface area contributed by atoms with Crippen molar-refractivity contribution in [2.24, 2.45) is 11.8 Å². The van der Waals surface area contributed by atoms with Gasteiger partial charge in [0, 0.05) is 17.2 Å². The molecule has 0 radical (unpaired) electrons. The third kappa shape index (κ3) is 3.19. The number of hydrogen-bond donors (Lipinski definition) is 0. The van der Waals surface area contributed by atoms with Gasteiger partial charge in [-0.05, 0) is 43.5 Å². The summed E-state index contributed by atoms with van der Waals surface area (Å²) in [6.45, 7) is 2.51. The lowest BCUT2D eigenvalue weighted by atomic mass is 9.65. The SMILES string of the molecule is CCCC12CCC(CCOc3ccccc3)(O1)C1C(=O)N(c3ccc(C#N)c4ccccc34)C(=O)C12. The monoisotopic (exact) mass is 480 g/mol. The third-order valence-electron chi connectivity index (χ3n) is 8.29. The van der Waals surface area contributed by atoms with Gasteiger partial charge in [-0.25, -0.2) is 4.90 Å². The number of benzene rings is 3. The molecule has 0 spiro atoms. The summed E-state index contributed by atoms with van der Waals surface area (Å²) < 4.78 is 12.7. The lowest BCUT2D eigenvalue weighted by molar-refractivity contribution is -0.132. The topological polar surface area (TPSA) is 79.6 Å². The normalized spacial score (nSPS) is 28.5. The zero-order valence-corrected chi connectivity index (χ0v) is 20.3. The maximum atomic E-state index is 14.1. The van der Waals surface area contributed by atoms with E-state index in [0.717, 1.165) is 42.2 Å². The van der Waals surface area contributed by atoms with Crippen LogP contribution in [0, 0.1) is 23.2 Å². The molecular formula is C30H28N2O4. The molecule has 36 heavy (non-hydrogen) atoms. The van der Waals surface area contributed by atoms with Gasteiger partial charge in [0.15, 0.2) is 0 Å². The van der Waals surface area contributed by atoms with Crippen LogP contribution in [0.2, 0.25) is 0 Å². The summed E-state index contributed by atoms with van der Waals surface area (Å²) >= 11 is 0. The fraction of sp³-hybridized carbons (Fsp3) is 0.367. The summed E-state index contributed by atoms with van der Waals surface area (Å²) in [7, 11) is 0. The van der Waals surface area contributed by atoms with Crippen LogP contribution in [-0.2, 0) is 14.3 Å². The highest BCUT2D eigenvalue weighted by atomic mass is 16.5. The fourth-order valence-electron chi connectivity index (χ4n) is 6.86. The van der Waals surface area contributed by atoms with Crippen molar-refractivity contribution in [3.05, 3.63) is 72.3 Å². The van der Waals surface area contributed by atoms with Gasteiger partial charge in [0.1, 0.15) is 5.75 Å². The van der Waals surface area contributed by atoms with Crippen LogP contribution in [0.15, 0.2) is 66.7 Å². The molecule has 6 nitrogen and oxygen atoms in total. The zero-order valence-electron chi connectivity index (χ0n) is 20.3. The first-order valence-corrected chi connectivity index (χ1v) is 12.7. The molecule has 0 saturated carbocycles. The highest BCUT2D eigenvalue weighted by Gasteiger charge is 2.74. The standard InChI is InChI=1S/C30H28N2O4/c1-2-14-29-15-16-30(36-29,17-18-35-21-8-4-3-5-9-21)26-25(29)27(33)32(28(26)34)24-13-12-20(19-31)22-10-6-7-11-23(22)24/h3-13,25-26H,2,14-18H2,1H3. The summed E-state index contributed by atoms with van der Waals surface area (Å²) in [4.78, 5) is 29.5. The molecule has 0 aromatic heterocycles. The Kier molecular flexibility index (Phi) is 5.35. The number of nitrogens with zero attached hydrogens (tertiary/aromatic N) is 2. The van der Waals surface area contributed by atoms with Gasteiger partial charge in [-0.2, -0.15) is 5.26 Å². The fourth-order valence-corrected chi connectivity index (χ4v) is 6.86. The summed E-state index contributed by atoms with van der Waals surface area (Å²) in [6, 6.07) is 22.7. The first-order chi connectivity index (χ1) is 17.5. The average Bonchev–Trinajstić information content (AvgIpc) is 3.50. The van der Waals surface area contributed by atoms with E-state index in [-0.39, 0.29) is 11.8 Å². The predicted octanol–water partition coefficient (Wildman–Crippen LogP) is 5.39. The van der Waals surface area contributed by atoms with Crippen LogP contribution in [0.1, 0.15) is 44.6 Å². The number of rotatable bonds is 7. The van der Waals surface area contributed by atoms with Gasteiger partial charge in [-0.3, -0.25) is 9.59 Å². The summed E-state index contributed by atoms with van der Waals surface area (Å²) in [6.07, 6.45) is 3.69. The largest absolute Gasteiger partial charge is 0.493 e. The third-order valence-corrected chi connectivity index (χ3v) is 8.29. The Morgan fingerprint density at radius 2 is 1.56 bits per heavy atom. The molecule has 3 fully saturated rings. The molecule has 4 unspecified atom stereocenters. The average molecular weight is 481 g/mol. The Balaban J connectivity index is 1.38. The number of imide groups is 1. The van der Waals surface area contributed by atoms with Gasteiger partial charge in [0.05, 0.1) is 47.0 Å². The van der Waals surface area contributed by atoms with Crippen molar-refractivity contribution in [2.45, 2.75) is 50.2 Å². The Morgan fingerprint density at radius 1 is 0.917 bits per heavy atom. The van der Waals surface area contributed by atoms with E-state index < -0.39 is 23.0 Å². The van der Waals surface area contributed by atoms with Crippen LogP contribution in [0.3, 0.4) is 0 Å². The van der Waals surface area contributed by atoms with Crippen molar-refractivity contribution in [1.82, 2.24) is 0 Å². The van der Waals surface area contributed by atoms with Gasteiger partial charge in [-0.15, -0.1) is 0 Å². The molecule has 3 heterocycles. The molecular weight excluding hydrogens is 452 g/mol. The van der Waals surface area contributed by atoms with Crippen LogP contribution in [0.25, 0.3) is 10.8 Å². The first-order valence-electron chi connectivity index (χ1n) is 12.7. The van der Waals surface area contributed by atoms with Gasteiger partial charge < -0.3 is 9.47 Å². The van der Waals surface area contributed by atoms with E-state index >= 15 is 0 Å². The van der Waals surface area contributed by atoms with Gasteiger partial charge in [-0.1, -0.05) is 55.8 Å². The maximum absolute atomic E-state index is 14.1. The Bertz CT molecular complexity index is 1400. The van der Waals surface area contributed by atoms with Crippen molar-refractivity contribution < 1.29 is 19.1 Å². The van der Waals surface area contributed by atoms with Crippen molar-refractivity contribution >= 4 is 28.3 Å². The minimum absolute atomic E-state index is 0.182. The second kappa shape index (κ2) is 8.46. The van der Waals surface area contributed by atoms with Gasteiger partial charge in [0.25, 0.3) is 0 Å². The summed E-state index contributed by atoms with van der Waals surface area (Å²) in [5.41, 5.74) is -0.251. The smallest absolute Gasteiger partial charge is 0.240 e. The number of amides is 2. The number of ether oxygens (including phenoxy) is 2. The Labute approximate surface area is 210 Å². The summed E-state index contributed by atoms with van der Waals surface area (Å²) in [5.74, 6) is -0.624. The number of anilines is 1. The van der Waals surface area contributed by atoms with E-state index in [9.17, 15) is 14.9 Å². The van der Waals surface area contributed by atoms with E-state index in [1.807, 2.05) is 54.6 Å². The van der Waals surface area contributed by atoms with Crippen molar-refractivity contribution in [2.75, 3.05) is 11.5 Å². The van der Waals surface area contributed by atoms with Crippen LogP contribution >= 0.6 is 0 Å². The minimum atomic E-state index is -0.710. The van der Waals surface area contributed by atoms with E-state index in [2.05, 4.69) is 13.0 Å². The first kappa shape index (κ1) is 22.8. The van der Waals surface area contributed by atoms with Crippen LogP contribution in [0.4, 0.5) is 5.69 Å². The highest BCUT2D eigenvalue weighted by molar-refractivity contribution is 6.26. The number of fused-ring (bicyclic) bond motifs is 6. The molecule has 0 aliphatic carbocycles. The lowest BCUT2D eigenvalue weighted by Crippen LogP contribution is -2.43. The highest BCUT2D eigenvalue weighted by Crippen LogP contribution is 2.64. The molecule has 0 N–H and O–H groups in total. The van der Waals surface area contributed by atoms with E-state index in [1.165, 1.54) is 4.90 Å². The molecule has 2 bridgehead atoms. The molecule has 3 aromatic rings. The maximum Gasteiger partial charge on any atom is 0.240 e. The van der Waals surface area contributed by atoms with E-state index in [1.54, 1.807) is 12.1 Å². The van der Waals surface area contributed by atoms with Gasteiger partial charge >= 0.3 is 0 Å². The number of nitriles is 1. The molecule has 3 aliphatic heterocycles. The second-order valence-corrected chi connectivity index (χ2v) is 10.1. The van der Waals surface area contributed by atoms with Crippen LogP contribution in [-0.4, -0.2) is 29.6 Å². The van der Waals surface area contributed by atoms with Crippen LogP contribution < -0.4 is 9.64 Å². The zero-order chi connectivity index (χ0) is 24.9. The Morgan fingerprint density at radius 3 is 2.22 bits per heavy atom. The van der Waals surface area contributed by atoms with Crippen molar-refractivity contribution in [3.63, 3.8) is 0 Å². The predicted molar refractivity (Wildman–Crippen MR) is 135 cm³/mol. The number of para-hydroxylation sites is 1. The molecule has 3 aromatic carbocycles. The quantitative estimate of drug-likeness (QED) is 0.424. The minimum Gasteiger partial charge on any atom is -0.493 e. The van der Waals surface area contributed by atoms with E-state index in [0.29, 0.717) is 24.3 Å². The Hall–Kier alpha value is -3.69. The molecule has 4 atom stereocenters. The van der Waals surface area contributed by atoms with E-state index in [4.69, 9.17) is 9.47 Å². The lowest BCUT2D eigenvalue weighted by Gasteiger charge is -2.31. The molecule has 3 aliphatic rings.